The SMILES string of the molecule is O=C1COC2CCN(C(=O)c3csc(-c4ccc(Cl)s4)n3)CC2N1. The fraction of sp³-hybridized carbons (Fsp3) is 0.400. The zero-order valence-electron chi connectivity index (χ0n) is 12.5. The lowest BCUT2D eigenvalue weighted by molar-refractivity contribution is -0.139. The highest BCUT2D eigenvalue weighted by Crippen LogP contribution is 2.33. The van der Waals surface area contributed by atoms with Gasteiger partial charge in [0.1, 0.15) is 17.3 Å². The normalized spacial score (nSPS) is 23.7. The topological polar surface area (TPSA) is 71.5 Å². The lowest BCUT2D eigenvalue weighted by atomic mass is 10.0. The van der Waals surface area contributed by atoms with E-state index in [4.69, 9.17) is 16.3 Å². The van der Waals surface area contributed by atoms with Gasteiger partial charge in [-0.3, -0.25) is 9.59 Å². The molecule has 2 saturated heterocycles. The average Bonchev–Trinajstić information content (AvgIpc) is 3.22. The number of carbonyl (C=O) groups is 2. The van der Waals surface area contributed by atoms with E-state index in [1.165, 1.54) is 22.7 Å². The molecular formula is C15H14ClN3O3S2. The van der Waals surface area contributed by atoms with Gasteiger partial charge >= 0.3 is 0 Å². The molecule has 1 N–H and O–H groups in total. The van der Waals surface area contributed by atoms with Crippen molar-refractivity contribution in [2.45, 2.75) is 18.6 Å². The van der Waals surface area contributed by atoms with Gasteiger partial charge in [0.25, 0.3) is 5.91 Å². The largest absolute Gasteiger partial charge is 0.366 e. The summed E-state index contributed by atoms with van der Waals surface area (Å²) in [5, 5.41) is 5.46. The van der Waals surface area contributed by atoms with Gasteiger partial charge in [-0.25, -0.2) is 4.98 Å². The maximum Gasteiger partial charge on any atom is 0.273 e. The molecule has 2 fully saturated rings. The van der Waals surface area contributed by atoms with Crippen LogP contribution in [0.4, 0.5) is 0 Å². The van der Waals surface area contributed by atoms with Crippen molar-refractivity contribution in [2.24, 2.45) is 0 Å². The van der Waals surface area contributed by atoms with Crippen LogP contribution in [-0.2, 0) is 9.53 Å². The summed E-state index contributed by atoms with van der Waals surface area (Å²) in [6, 6.07) is 3.58. The number of piperidine rings is 1. The molecule has 0 spiro atoms. The molecule has 0 saturated carbocycles. The molecule has 4 heterocycles. The maximum atomic E-state index is 12.7. The predicted molar refractivity (Wildman–Crippen MR) is 92.6 cm³/mol. The Labute approximate surface area is 151 Å². The quantitative estimate of drug-likeness (QED) is 0.863. The van der Waals surface area contributed by atoms with Crippen molar-refractivity contribution in [3.05, 3.63) is 27.5 Å². The van der Waals surface area contributed by atoms with Crippen molar-refractivity contribution >= 4 is 46.1 Å². The number of amides is 2. The number of likely N-dealkylation sites (tertiary alicyclic amines) is 1. The molecule has 0 radical (unpaired) electrons. The van der Waals surface area contributed by atoms with Crippen LogP contribution in [0.25, 0.3) is 9.88 Å². The number of rotatable bonds is 2. The molecule has 24 heavy (non-hydrogen) atoms. The molecule has 2 unspecified atom stereocenters. The maximum absolute atomic E-state index is 12.7. The lowest BCUT2D eigenvalue weighted by Crippen LogP contribution is -2.61. The average molecular weight is 384 g/mol. The first-order valence-electron chi connectivity index (χ1n) is 7.51. The van der Waals surface area contributed by atoms with Crippen molar-refractivity contribution in [1.29, 1.82) is 0 Å². The van der Waals surface area contributed by atoms with E-state index in [-0.39, 0.29) is 30.6 Å². The number of hydrogen-bond donors (Lipinski definition) is 1. The molecule has 4 rings (SSSR count). The summed E-state index contributed by atoms with van der Waals surface area (Å²) < 4.78 is 6.21. The van der Waals surface area contributed by atoms with Crippen LogP contribution in [0, 0.1) is 0 Å². The molecule has 2 aromatic heterocycles. The number of carbonyl (C=O) groups excluding carboxylic acids is 2. The first-order valence-corrected chi connectivity index (χ1v) is 9.59. The third kappa shape index (κ3) is 3.06. The number of morpholine rings is 1. The molecule has 9 heteroatoms. The highest BCUT2D eigenvalue weighted by atomic mass is 35.5. The van der Waals surface area contributed by atoms with Crippen molar-refractivity contribution in [2.75, 3.05) is 19.7 Å². The standard InChI is InChI=1S/C15H14ClN3O3S2/c16-12-2-1-11(24-12)14-18-9(7-23-14)15(21)19-4-3-10-8(5-19)17-13(20)6-22-10/h1-2,7-8,10H,3-6H2,(H,17,20). The van der Waals surface area contributed by atoms with Gasteiger partial charge in [0.15, 0.2) is 0 Å². The molecule has 0 bridgehead atoms. The number of fused-ring (bicyclic) bond motifs is 1. The van der Waals surface area contributed by atoms with Gasteiger partial charge in [0, 0.05) is 18.5 Å². The Balaban J connectivity index is 1.48. The second-order valence-corrected chi connectivity index (χ2v) is 8.28. The van der Waals surface area contributed by atoms with Crippen LogP contribution in [-0.4, -0.2) is 53.5 Å². The van der Waals surface area contributed by atoms with Gasteiger partial charge < -0.3 is 15.0 Å². The first kappa shape index (κ1) is 16.0. The van der Waals surface area contributed by atoms with Gasteiger partial charge in [0.05, 0.1) is 21.4 Å². The number of ether oxygens (including phenoxy) is 1. The van der Waals surface area contributed by atoms with Crippen molar-refractivity contribution < 1.29 is 14.3 Å². The Morgan fingerprint density at radius 1 is 1.46 bits per heavy atom. The fourth-order valence-electron chi connectivity index (χ4n) is 2.96. The molecule has 0 aromatic carbocycles. The van der Waals surface area contributed by atoms with Crippen LogP contribution < -0.4 is 5.32 Å². The highest BCUT2D eigenvalue weighted by Gasteiger charge is 2.36. The summed E-state index contributed by atoms with van der Waals surface area (Å²) in [6.45, 7) is 1.16. The van der Waals surface area contributed by atoms with E-state index >= 15 is 0 Å². The first-order chi connectivity index (χ1) is 11.6. The van der Waals surface area contributed by atoms with Gasteiger partial charge in [-0.1, -0.05) is 11.6 Å². The van der Waals surface area contributed by atoms with Gasteiger partial charge in [-0.15, -0.1) is 22.7 Å². The van der Waals surface area contributed by atoms with Crippen LogP contribution >= 0.6 is 34.3 Å². The van der Waals surface area contributed by atoms with Gasteiger partial charge in [-0.2, -0.15) is 0 Å². The van der Waals surface area contributed by atoms with Crippen LogP contribution in [0.1, 0.15) is 16.9 Å². The molecule has 2 atom stereocenters. The summed E-state index contributed by atoms with van der Waals surface area (Å²) in [5.41, 5.74) is 0.432. The number of nitrogens with zero attached hydrogens (tertiary/aromatic N) is 2. The van der Waals surface area contributed by atoms with E-state index in [2.05, 4.69) is 10.3 Å². The van der Waals surface area contributed by atoms with E-state index in [1.54, 1.807) is 10.3 Å². The zero-order valence-corrected chi connectivity index (χ0v) is 14.9. The number of nitrogens with one attached hydrogen (secondary N) is 1. The van der Waals surface area contributed by atoms with Gasteiger partial charge in [-0.05, 0) is 18.6 Å². The van der Waals surface area contributed by atoms with Crippen LogP contribution in [0.2, 0.25) is 4.34 Å². The molecule has 2 aliphatic rings. The van der Waals surface area contributed by atoms with Crippen LogP contribution in [0.3, 0.4) is 0 Å². The second kappa shape index (κ2) is 6.44. The minimum Gasteiger partial charge on any atom is -0.366 e. The zero-order chi connectivity index (χ0) is 16.7. The Kier molecular flexibility index (Phi) is 4.29. The second-order valence-electron chi connectivity index (χ2n) is 5.70. The summed E-state index contributed by atoms with van der Waals surface area (Å²) in [7, 11) is 0. The minimum absolute atomic E-state index is 0.00833. The molecule has 0 aliphatic carbocycles. The molecule has 2 amide bonds. The predicted octanol–water partition coefficient (Wildman–Crippen LogP) is 2.25. The lowest BCUT2D eigenvalue weighted by Gasteiger charge is -2.40. The fourth-order valence-corrected chi connectivity index (χ4v) is 4.87. The third-order valence-corrected chi connectivity index (χ3v) is 6.36. The molecule has 2 aliphatic heterocycles. The number of halogens is 1. The number of thiazole rings is 1. The van der Waals surface area contributed by atoms with Crippen molar-refractivity contribution in [3.8, 4) is 9.88 Å². The molecule has 6 nitrogen and oxygen atoms in total. The van der Waals surface area contributed by atoms with Crippen LogP contribution in [0.15, 0.2) is 17.5 Å². The number of thiophene rings is 1. The monoisotopic (exact) mass is 383 g/mol. The molecule has 126 valence electrons. The summed E-state index contributed by atoms with van der Waals surface area (Å²) in [4.78, 5) is 31.3. The third-order valence-electron chi connectivity index (χ3n) is 4.12. The van der Waals surface area contributed by atoms with E-state index in [0.717, 1.165) is 9.88 Å². The van der Waals surface area contributed by atoms with E-state index in [1.807, 2.05) is 12.1 Å². The van der Waals surface area contributed by atoms with E-state index in [0.29, 0.717) is 29.5 Å². The van der Waals surface area contributed by atoms with Crippen molar-refractivity contribution in [1.82, 2.24) is 15.2 Å². The molecule has 2 aromatic rings. The minimum atomic E-state index is -0.141. The Bertz CT molecular complexity index is 791. The van der Waals surface area contributed by atoms with Gasteiger partial charge in [0.2, 0.25) is 5.91 Å². The molecular weight excluding hydrogens is 370 g/mol. The number of aromatic nitrogens is 1. The summed E-state index contributed by atoms with van der Waals surface area (Å²) in [6.07, 6.45) is 0.708. The van der Waals surface area contributed by atoms with E-state index in [9.17, 15) is 9.59 Å². The van der Waals surface area contributed by atoms with Crippen molar-refractivity contribution in [3.63, 3.8) is 0 Å². The number of hydrogen-bond acceptors (Lipinski definition) is 6. The Morgan fingerprint density at radius 2 is 2.33 bits per heavy atom. The van der Waals surface area contributed by atoms with E-state index < -0.39 is 0 Å². The summed E-state index contributed by atoms with van der Waals surface area (Å²) in [5.74, 6) is -0.241. The summed E-state index contributed by atoms with van der Waals surface area (Å²) >= 11 is 8.82. The smallest absolute Gasteiger partial charge is 0.273 e. The Hall–Kier alpha value is -1.48. The Morgan fingerprint density at radius 3 is 3.12 bits per heavy atom. The van der Waals surface area contributed by atoms with Crippen LogP contribution in [0.5, 0.6) is 0 Å². The highest BCUT2D eigenvalue weighted by molar-refractivity contribution is 7.23.